The molecule has 0 atom stereocenters. The van der Waals surface area contributed by atoms with Crippen LogP contribution in [0.3, 0.4) is 0 Å². The van der Waals surface area contributed by atoms with Gasteiger partial charge in [0.05, 0.1) is 13.1 Å². The summed E-state index contributed by atoms with van der Waals surface area (Å²) in [7, 11) is 0. The molecule has 1 aliphatic heterocycles. The lowest BCUT2D eigenvalue weighted by Gasteiger charge is -2.39. The maximum atomic E-state index is 5.95. The minimum Gasteiger partial charge on any atom is -0.487 e. The fourth-order valence-corrected chi connectivity index (χ4v) is 2.65. The molecular weight excluding hydrogens is 284 g/mol. The first-order valence-corrected chi connectivity index (χ1v) is 8.03. The third-order valence-electron chi connectivity index (χ3n) is 3.36. The quantitative estimate of drug-likeness (QED) is 0.691. The Morgan fingerprint density at radius 2 is 2.10 bits per heavy atom. The maximum absolute atomic E-state index is 5.95. The van der Waals surface area contributed by atoms with Crippen LogP contribution in [0.25, 0.3) is 0 Å². The number of thioether (sulfide) groups is 1. The minimum atomic E-state index is 0.195. The van der Waals surface area contributed by atoms with E-state index in [-0.39, 0.29) is 6.10 Å². The summed E-state index contributed by atoms with van der Waals surface area (Å²) in [4.78, 5) is 10.8. The SMILES string of the molecule is CSc1nc(N)cc(N2CC(Oc3cccc(C)c3)C2)n1. The molecule has 0 bridgehead atoms. The summed E-state index contributed by atoms with van der Waals surface area (Å²) in [6, 6.07) is 9.93. The zero-order valence-corrected chi connectivity index (χ0v) is 12.9. The molecule has 0 spiro atoms. The van der Waals surface area contributed by atoms with Crippen molar-refractivity contribution < 1.29 is 4.74 Å². The van der Waals surface area contributed by atoms with Crippen LogP contribution in [0.5, 0.6) is 5.75 Å². The van der Waals surface area contributed by atoms with Gasteiger partial charge in [0.15, 0.2) is 5.16 Å². The van der Waals surface area contributed by atoms with Gasteiger partial charge in [-0.1, -0.05) is 23.9 Å². The smallest absolute Gasteiger partial charge is 0.191 e. The Morgan fingerprint density at radius 1 is 1.29 bits per heavy atom. The standard InChI is InChI=1S/C15H18N4OS/c1-10-4-3-5-11(6-10)20-12-8-19(9-12)14-7-13(16)17-15(18-14)21-2/h3-7,12H,8-9H2,1-2H3,(H2,16,17,18). The zero-order chi connectivity index (χ0) is 14.8. The van der Waals surface area contributed by atoms with Crippen LogP contribution in [0.2, 0.25) is 0 Å². The molecule has 1 aromatic carbocycles. The van der Waals surface area contributed by atoms with Crippen LogP contribution in [-0.4, -0.2) is 35.4 Å². The van der Waals surface area contributed by atoms with E-state index in [0.717, 1.165) is 24.7 Å². The number of aromatic nitrogens is 2. The largest absolute Gasteiger partial charge is 0.487 e. The normalized spacial score (nSPS) is 14.9. The molecule has 2 aromatic rings. The summed E-state index contributed by atoms with van der Waals surface area (Å²) in [5.74, 6) is 2.30. The highest BCUT2D eigenvalue weighted by Gasteiger charge is 2.30. The van der Waals surface area contributed by atoms with Gasteiger partial charge in [0.2, 0.25) is 0 Å². The number of nitrogens with two attached hydrogens (primary N) is 1. The molecule has 2 N–H and O–H groups in total. The number of hydrogen-bond acceptors (Lipinski definition) is 6. The summed E-state index contributed by atoms with van der Waals surface area (Å²) in [6.45, 7) is 3.70. The fourth-order valence-electron chi connectivity index (χ4n) is 2.26. The van der Waals surface area contributed by atoms with Gasteiger partial charge < -0.3 is 15.4 Å². The third-order valence-corrected chi connectivity index (χ3v) is 3.91. The molecule has 0 amide bonds. The Labute approximate surface area is 128 Å². The number of nitrogens with zero attached hydrogens (tertiary/aromatic N) is 3. The molecule has 6 heteroatoms. The second kappa shape index (κ2) is 5.81. The first-order valence-electron chi connectivity index (χ1n) is 6.81. The predicted octanol–water partition coefficient (Wildman–Crippen LogP) is 2.36. The molecule has 1 aliphatic rings. The number of aryl methyl sites for hydroxylation is 1. The van der Waals surface area contributed by atoms with Crippen LogP contribution in [0.1, 0.15) is 5.56 Å². The number of rotatable bonds is 4. The maximum Gasteiger partial charge on any atom is 0.191 e. The van der Waals surface area contributed by atoms with Crippen molar-refractivity contribution in [2.45, 2.75) is 18.2 Å². The number of nitrogen functional groups attached to an aromatic ring is 1. The van der Waals surface area contributed by atoms with E-state index >= 15 is 0 Å². The molecule has 110 valence electrons. The van der Waals surface area contributed by atoms with Crippen LogP contribution in [0, 0.1) is 6.92 Å². The number of anilines is 2. The summed E-state index contributed by atoms with van der Waals surface area (Å²) >= 11 is 1.49. The number of hydrogen-bond donors (Lipinski definition) is 1. The van der Waals surface area contributed by atoms with Crippen LogP contribution in [0.15, 0.2) is 35.5 Å². The van der Waals surface area contributed by atoms with Gasteiger partial charge in [0.1, 0.15) is 23.5 Å². The molecular formula is C15H18N4OS. The van der Waals surface area contributed by atoms with Gasteiger partial charge in [0.25, 0.3) is 0 Å². The van der Waals surface area contributed by atoms with E-state index in [2.05, 4.69) is 33.9 Å². The minimum absolute atomic E-state index is 0.195. The van der Waals surface area contributed by atoms with Gasteiger partial charge in [-0.3, -0.25) is 0 Å². The van der Waals surface area contributed by atoms with E-state index < -0.39 is 0 Å². The molecule has 5 nitrogen and oxygen atoms in total. The monoisotopic (exact) mass is 302 g/mol. The highest BCUT2D eigenvalue weighted by Crippen LogP contribution is 2.25. The Morgan fingerprint density at radius 3 is 2.81 bits per heavy atom. The van der Waals surface area contributed by atoms with Crippen molar-refractivity contribution in [3.8, 4) is 5.75 Å². The van der Waals surface area contributed by atoms with E-state index in [1.54, 1.807) is 0 Å². The highest BCUT2D eigenvalue weighted by molar-refractivity contribution is 7.98. The average Bonchev–Trinajstić information content (AvgIpc) is 2.41. The van der Waals surface area contributed by atoms with Crippen molar-refractivity contribution in [2.24, 2.45) is 0 Å². The first kappa shape index (κ1) is 14.0. The van der Waals surface area contributed by atoms with Crippen molar-refractivity contribution in [3.63, 3.8) is 0 Å². The van der Waals surface area contributed by atoms with Gasteiger partial charge >= 0.3 is 0 Å². The molecule has 21 heavy (non-hydrogen) atoms. The van der Waals surface area contributed by atoms with Crippen LogP contribution < -0.4 is 15.4 Å². The lowest BCUT2D eigenvalue weighted by Crippen LogP contribution is -2.54. The molecule has 1 saturated heterocycles. The van der Waals surface area contributed by atoms with E-state index in [9.17, 15) is 0 Å². The van der Waals surface area contributed by atoms with Gasteiger partial charge in [-0.2, -0.15) is 0 Å². The summed E-state index contributed by atoms with van der Waals surface area (Å²) in [5.41, 5.74) is 7.01. The van der Waals surface area contributed by atoms with Crippen LogP contribution in [0.4, 0.5) is 11.6 Å². The lowest BCUT2D eigenvalue weighted by atomic mass is 10.1. The van der Waals surface area contributed by atoms with Gasteiger partial charge in [-0.25, -0.2) is 9.97 Å². The lowest BCUT2D eigenvalue weighted by molar-refractivity contribution is 0.166. The highest BCUT2D eigenvalue weighted by atomic mass is 32.2. The van der Waals surface area contributed by atoms with Crippen LogP contribution >= 0.6 is 11.8 Å². The molecule has 3 rings (SSSR count). The fraction of sp³-hybridized carbons (Fsp3) is 0.333. The molecule has 1 aromatic heterocycles. The van der Waals surface area contributed by atoms with Gasteiger partial charge in [0, 0.05) is 6.07 Å². The van der Waals surface area contributed by atoms with E-state index in [1.807, 2.05) is 24.5 Å². The first-order chi connectivity index (χ1) is 10.1. The van der Waals surface area contributed by atoms with E-state index in [0.29, 0.717) is 11.0 Å². The number of benzene rings is 1. The topological polar surface area (TPSA) is 64.3 Å². The Hall–Kier alpha value is -1.95. The Balaban J connectivity index is 1.62. The zero-order valence-electron chi connectivity index (χ0n) is 12.1. The van der Waals surface area contributed by atoms with Crippen molar-refractivity contribution in [1.82, 2.24) is 9.97 Å². The van der Waals surface area contributed by atoms with Crippen molar-refractivity contribution in [3.05, 3.63) is 35.9 Å². The molecule has 0 radical (unpaired) electrons. The molecule has 0 aliphatic carbocycles. The van der Waals surface area contributed by atoms with Crippen molar-refractivity contribution >= 4 is 23.4 Å². The van der Waals surface area contributed by atoms with Gasteiger partial charge in [-0.15, -0.1) is 0 Å². The predicted molar refractivity (Wildman–Crippen MR) is 86.0 cm³/mol. The number of ether oxygens (including phenoxy) is 1. The summed E-state index contributed by atoms with van der Waals surface area (Å²) in [5, 5.41) is 0.702. The van der Waals surface area contributed by atoms with Crippen LogP contribution in [-0.2, 0) is 0 Å². The third kappa shape index (κ3) is 3.21. The summed E-state index contributed by atoms with van der Waals surface area (Å²) < 4.78 is 5.95. The molecule has 0 unspecified atom stereocenters. The second-order valence-corrected chi connectivity index (χ2v) is 5.87. The average molecular weight is 302 g/mol. The Bertz CT molecular complexity index is 643. The van der Waals surface area contributed by atoms with Crippen molar-refractivity contribution in [2.75, 3.05) is 30.0 Å². The molecule has 2 heterocycles. The summed E-state index contributed by atoms with van der Waals surface area (Å²) in [6.07, 6.45) is 2.14. The molecule has 1 fully saturated rings. The van der Waals surface area contributed by atoms with Crippen molar-refractivity contribution in [1.29, 1.82) is 0 Å². The second-order valence-electron chi connectivity index (χ2n) is 5.10. The van der Waals surface area contributed by atoms with Gasteiger partial charge in [-0.05, 0) is 30.9 Å². The van der Waals surface area contributed by atoms with E-state index in [4.69, 9.17) is 10.5 Å². The van der Waals surface area contributed by atoms with E-state index in [1.165, 1.54) is 17.3 Å². The molecule has 0 saturated carbocycles. The Kier molecular flexibility index (Phi) is 3.88.